The van der Waals surface area contributed by atoms with Crippen LogP contribution in [0.25, 0.3) is 0 Å². The topological polar surface area (TPSA) is 66.8 Å². The van der Waals surface area contributed by atoms with E-state index in [9.17, 15) is 9.59 Å². The fraction of sp³-hybridized carbons (Fsp3) is 0.500. The van der Waals surface area contributed by atoms with Crippen LogP contribution in [-0.2, 0) is 16.0 Å². The van der Waals surface area contributed by atoms with E-state index in [0.29, 0.717) is 0 Å². The second-order valence-electron chi connectivity index (χ2n) is 6.26. The first-order valence-electron chi connectivity index (χ1n) is 7.07. The van der Waals surface area contributed by atoms with Gasteiger partial charge >= 0.3 is 12.1 Å². The number of nitrogens with zero attached hydrogens (tertiary/aromatic N) is 1. The molecule has 1 unspecified atom stereocenters. The van der Waals surface area contributed by atoms with E-state index < -0.39 is 17.7 Å². The molecular formula is C16H21NO4. The molecule has 0 aliphatic heterocycles. The van der Waals surface area contributed by atoms with Crippen LogP contribution in [0.4, 0.5) is 4.79 Å². The van der Waals surface area contributed by atoms with E-state index in [4.69, 9.17) is 9.84 Å². The summed E-state index contributed by atoms with van der Waals surface area (Å²) in [5.41, 5.74) is 1.54. The average molecular weight is 291 g/mol. The van der Waals surface area contributed by atoms with Gasteiger partial charge in [-0.15, -0.1) is 0 Å². The monoisotopic (exact) mass is 291 g/mol. The van der Waals surface area contributed by atoms with Crippen molar-refractivity contribution >= 4 is 12.1 Å². The predicted molar refractivity (Wildman–Crippen MR) is 78.1 cm³/mol. The molecule has 1 atom stereocenters. The molecule has 0 heterocycles. The second-order valence-corrected chi connectivity index (χ2v) is 6.26. The zero-order valence-electron chi connectivity index (χ0n) is 12.6. The van der Waals surface area contributed by atoms with Gasteiger partial charge in [-0.25, -0.2) is 4.79 Å². The summed E-state index contributed by atoms with van der Waals surface area (Å²) in [4.78, 5) is 24.7. The number of aliphatic carboxylic acids is 1. The van der Waals surface area contributed by atoms with Crippen LogP contribution in [0.15, 0.2) is 24.3 Å². The molecule has 0 bridgehead atoms. The number of amides is 1. The number of carboxylic acid groups (broad SMARTS) is 1. The van der Waals surface area contributed by atoms with Crippen LogP contribution < -0.4 is 0 Å². The Hall–Kier alpha value is -2.04. The zero-order chi connectivity index (χ0) is 15.6. The van der Waals surface area contributed by atoms with E-state index in [0.717, 1.165) is 18.4 Å². The molecule has 1 aromatic rings. The summed E-state index contributed by atoms with van der Waals surface area (Å²) in [6, 6.07) is 7.60. The lowest BCUT2D eigenvalue weighted by Crippen LogP contribution is -2.41. The molecule has 0 spiro atoms. The van der Waals surface area contributed by atoms with Gasteiger partial charge in [0.25, 0.3) is 0 Å². The van der Waals surface area contributed by atoms with Crippen LogP contribution in [0, 0.1) is 0 Å². The lowest BCUT2D eigenvalue weighted by Gasteiger charge is -2.31. The van der Waals surface area contributed by atoms with Crippen molar-refractivity contribution in [2.75, 3.05) is 6.54 Å². The van der Waals surface area contributed by atoms with Gasteiger partial charge < -0.3 is 9.84 Å². The number of carbonyl (C=O) groups excluding carboxylic acids is 1. The molecule has 0 saturated heterocycles. The lowest BCUT2D eigenvalue weighted by atomic mass is 10.1. The van der Waals surface area contributed by atoms with Crippen molar-refractivity contribution in [2.45, 2.75) is 45.3 Å². The molecule has 1 aliphatic carbocycles. The molecule has 0 aromatic heterocycles. The van der Waals surface area contributed by atoms with Gasteiger partial charge in [0.15, 0.2) is 0 Å². The van der Waals surface area contributed by atoms with Crippen LogP contribution in [0.1, 0.15) is 44.4 Å². The summed E-state index contributed by atoms with van der Waals surface area (Å²) in [5, 5.41) is 9.09. The summed E-state index contributed by atoms with van der Waals surface area (Å²) in [6.07, 6.45) is 0.998. The summed E-state index contributed by atoms with van der Waals surface area (Å²) in [6.45, 7) is 4.96. The van der Waals surface area contributed by atoms with Crippen molar-refractivity contribution < 1.29 is 19.4 Å². The molecule has 0 radical (unpaired) electrons. The SMILES string of the molecule is CC(C)(C)OC(=O)N(CC(=O)O)C1CCc2ccccc21. The fourth-order valence-corrected chi connectivity index (χ4v) is 2.63. The smallest absolute Gasteiger partial charge is 0.411 e. The molecule has 2 rings (SSSR count). The number of carboxylic acids is 1. The first kappa shape index (κ1) is 15.4. The van der Waals surface area contributed by atoms with E-state index in [2.05, 4.69) is 0 Å². The van der Waals surface area contributed by atoms with Crippen molar-refractivity contribution in [3.05, 3.63) is 35.4 Å². The molecule has 1 aromatic carbocycles. The van der Waals surface area contributed by atoms with Gasteiger partial charge in [0.05, 0.1) is 6.04 Å². The zero-order valence-corrected chi connectivity index (χ0v) is 12.6. The summed E-state index contributed by atoms with van der Waals surface area (Å²) >= 11 is 0. The van der Waals surface area contributed by atoms with Crippen molar-refractivity contribution in [1.82, 2.24) is 4.90 Å². The molecule has 1 amide bonds. The first-order chi connectivity index (χ1) is 9.78. The molecule has 1 N–H and O–H groups in total. The third kappa shape index (κ3) is 3.74. The normalized spacial score (nSPS) is 17.2. The van der Waals surface area contributed by atoms with E-state index in [1.807, 2.05) is 24.3 Å². The quantitative estimate of drug-likeness (QED) is 0.929. The minimum absolute atomic E-state index is 0.229. The number of aryl methyl sites for hydroxylation is 1. The summed E-state index contributed by atoms with van der Waals surface area (Å²) in [5.74, 6) is -1.04. The Bertz CT molecular complexity index is 547. The van der Waals surface area contributed by atoms with Crippen LogP contribution in [0.5, 0.6) is 0 Å². The maximum Gasteiger partial charge on any atom is 0.411 e. The Balaban J connectivity index is 2.25. The molecule has 21 heavy (non-hydrogen) atoms. The maximum atomic E-state index is 12.3. The Labute approximate surface area is 124 Å². The standard InChI is InChI=1S/C16H21NO4/c1-16(2,3)21-15(20)17(10-14(18)19)13-9-8-11-6-4-5-7-12(11)13/h4-7,13H,8-10H2,1-3H3,(H,18,19). The van der Waals surface area contributed by atoms with E-state index in [-0.39, 0.29) is 12.6 Å². The average Bonchev–Trinajstić information content (AvgIpc) is 2.77. The van der Waals surface area contributed by atoms with Crippen molar-refractivity contribution in [3.63, 3.8) is 0 Å². The third-order valence-corrected chi connectivity index (χ3v) is 3.41. The third-order valence-electron chi connectivity index (χ3n) is 3.41. The number of carbonyl (C=O) groups is 2. The van der Waals surface area contributed by atoms with E-state index >= 15 is 0 Å². The molecule has 0 fully saturated rings. The Kier molecular flexibility index (Phi) is 4.21. The molecule has 114 valence electrons. The van der Waals surface area contributed by atoms with Crippen LogP contribution in [0.3, 0.4) is 0 Å². The highest BCUT2D eigenvalue weighted by molar-refractivity contribution is 5.77. The number of hydrogen-bond acceptors (Lipinski definition) is 3. The highest BCUT2D eigenvalue weighted by Gasteiger charge is 2.34. The Morgan fingerprint density at radius 1 is 1.33 bits per heavy atom. The number of fused-ring (bicyclic) bond motifs is 1. The van der Waals surface area contributed by atoms with E-state index in [1.54, 1.807) is 20.8 Å². The molecule has 1 aliphatic rings. The van der Waals surface area contributed by atoms with Gasteiger partial charge in [0.1, 0.15) is 12.1 Å². The van der Waals surface area contributed by atoms with Crippen LogP contribution >= 0.6 is 0 Å². The molecule has 0 saturated carbocycles. The van der Waals surface area contributed by atoms with Crippen molar-refractivity contribution in [2.24, 2.45) is 0 Å². The molecule has 5 nitrogen and oxygen atoms in total. The van der Waals surface area contributed by atoms with Gasteiger partial charge in [-0.2, -0.15) is 0 Å². The highest BCUT2D eigenvalue weighted by atomic mass is 16.6. The minimum atomic E-state index is -1.04. The Morgan fingerprint density at radius 3 is 2.62 bits per heavy atom. The van der Waals surface area contributed by atoms with Crippen molar-refractivity contribution in [1.29, 1.82) is 0 Å². The summed E-state index contributed by atoms with van der Waals surface area (Å²) in [7, 11) is 0. The van der Waals surface area contributed by atoms with Crippen LogP contribution in [-0.4, -0.2) is 34.2 Å². The minimum Gasteiger partial charge on any atom is -0.480 e. The first-order valence-corrected chi connectivity index (χ1v) is 7.07. The number of hydrogen-bond donors (Lipinski definition) is 1. The highest BCUT2D eigenvalue weighted by Crippen LogP contribution is 2.36. The lowest BCUT2D eigenvalue weighted by molar-refractivity contribution is -0.138. The summed E-state index contributed by atoms with van der Waals surface area (Å²) < 4.78 is 5.35. The number of ether oxygens (including phenoxy) is 1. The van der Waals surface area contributed by atoms with Gasteiger partial charge in [-0.05, 0) is 44.7 Å². The number of rotatable bonds is 3. The van der Waals surface area contributed by atoms with Crippen LogP contribution in [0.2, 0.25) is 0 Å². The van der Waals surface area contributed by atoms with Gasteiger partial charge in [-0.1, -0.05) is 24.3 Å². The van der Waals surface area contributed by atoms with E-state index in [1.165, 1.54) is 10.5 Å². The largest absolute Gasteiger partial charge is 0.480 e. The van der Waals surface area contributed by atoms with Gasteiger partial charge in [0, 0.05) is 0 Å². The predicted octanol–water partition coefficient (Wildman–Crippen LogP) is 3.00. The fourth-order valence-electron chi connectivity index (χ4n) is 2.63. The Morgan fingerprint density at radius 2 is 2.00 bits per heavy atom. The second kappa shape index (κ2) is 5.76. The van der Waals surface area contributed by atoms with Gasteiger partial charge in [-0.3, -0.25) is 9.69 Å². The van der Waals surface area contributed by atoms with Crippen molar-refractivity contribution in [3.8, 4) is 0 Å². The number of benzene rings is 1. The molecular weight excluding hydrogens is 270 g/mol. The molecule has 5 heteroatoms. The maximum absolute atomic E-state index is 12.3. The van der Waals surface area contributed by atoms with Gasteiger partial charge in [0.2, 0.25) is 0 Å².